The lowest BCUT2D eigenvalue weighted by atomic mass is 9.89. The van der Waals surface area contributed by atoms with E-state index in [4.69, 9.17) is 6.57 Å². The van der Waals surface area contributed by atoms with Gasteiger partial charge in [0.25, 0.3) is 0 Å². The molecule has 3 aromatic rings. The van der Waals surface area contributed by atoms with Crippen molar-refractivity contribution < 1.29 is 9.18 Å². The van der Waals surface area contributed by atoms with Crippen LogP contribution in [0, 0.1) is 12.4 Å². The van der Waals surface area contributed by atoms with Crippen molar-refractivity contribution in [3.63, 3.8) is 0 Å². The summed E-state index contributed by atoms with van der Waals surface area (Å²) < 4.78 is 13.3. The first-order valence-electron chi connectivity index (χ1n) is 8.30. The van der Waals surface area contributed by atoms with E-state index in [9.17, 15) is 9.18 Å². The molecule has 0 spiro atoms. The molecule has 126 valence electrons. The second-order valence-electron chi connectivity index (χ2n) is 6.26. The summed E-state index contributed by atoms with van der Waals surface area (Å²) in [5, 5.41) is 2.84. The van der Waals surface area contributed by atoms with Crippen LogP contribution >= 0.6 is 0 Å². The lowest BCUT2D eigenvalue weighted by Crippen LogP contribution is -2.03. The molecule has 3 nitrogen and oxygen atoms in total. The van der Waals surface area contributed by atoms with E-state index in [0.717, 1.165) is 39.1 Å². The van der Waals surface area contributed by atoms with Crippen LogP contribution in [-0.2, 0) is 17.8 Å². The van der Waals surface area contributed by atoms with Gasteiger partial charge in [0.1, 0.15) is 5.82 Å². The normalized spacial score (nSPS) is 12.4. The average Bonchev–Trinajstić information content (AvgIpc) is 3.01. The highest BCUT2D eigenvalue weighted by Gasteiger charge is 2.20. The lowest BCUT2D eigenvalue weighted by Gasteiger charge is -2.14. The third-order valence-corrected chi connectivity index (χ3v) is 4.57. The SMILES string of the molecule is [C-]#[N+]Cc1cccc(-c2ccc(F)cc2)c1-c1ccc2c(c1)CC(=O)N2. The van der Waals surface area contributed by atoms with Crippen molar-refractivity contribution in [1.82, 2.24) is 0 Å². The van der Waals surface area contributed by atoms with Crippen molar-refractivity contribution in [3.8, 4) is 22.3 Å². The van der Waals surface area contributed by atoms with Crippen molar-refractivity contribution >= 4 is 11.6 Å². The summed E-state index contributed by atoms with van der Waals surface area (Å²) in [6, 6.07) is 18.1. The molecule has 0 aliphatic carbocycles. The molecule has 1 heterocycles. The van der Waals surface area contributed by atoms with Gasteiger partial charge in [0.05, 0.1) is 6.42 Å². The molecule has 0 fully saturated rings. The van der Waals surface area contributed by atoms with E-state index in [0.29, 0.717) is 6.42 Å². The van der Waals surface area contributed by atoms with Crippen LogP contribution in [-0.4, -0.2) is 5.91 Å². The van der Waals surface area contributed by atoms with E-state index in [1.54, 1.807) is 12.1 Å². The fraction of sp³-hybridized carbons (Fsp3) is 0.0909. The van der Waals surface area contributed by atoms with E-state index < -0.39 is 0 Å². The molecule has 0 atom stereocenters. The Bertz CT molecular complexity index is 1050. The molecule has 4 heteroatoms. The van der Waals surface area contributed by atoms with E-state index in [-0.39, 0.29) is 18.3 Å². The summed E-state index contributed by atoms with van der Waals surface area (Å²) in [5.74, 6) is -0.292. The van der Waals surface area contributed by atoms with Gasteiger partial charge in [0, 0.05) is 16.8 Å². The second-order valence-corrected chi connectivity index (χ2v) is 6.26. The molecule has 0 saturated carbocycles. The molecule has 3 aromatic carbocycles. The van der Waals surface area contributed by atoms with Gasteiger partial charge in [-0.3, -0.25) is 4.79 Å². The third kappa shape index (κ3) is 2.84. The van der Waals surface area contributed by atoms with Crippen molar-refractivity contribution in [2.75, 3.05) is 5.32 Å². The number of nitrogens with one attached hydrogen (secondary N) is 1. The zero-order valence-corrected chi connectivity index (χ0v) is 13.9. The molecule has 0 saturated heterocycles. The van der Waals surface area contributed by atoms with Crippen LogP contribution < -0.4 is 5.32 Å². The minimum absolute atomic E-state index is 0.00893. The molecule has 1 amide bonds. The summed E-state index contributed by atoms with van der Waals surface area (Å²) >= 11 is 0. The number of benzene rings is 3. The Morgan fingerprint density at radius 2 is 1.81 bits per heavy atom. The summed E-state index contributed by atoms with van der Waals surface area (Å²) in [5.41, 5.74) is 6.46. The summed E-state index contributed by atoms with van der Waals surface area (Å²) in [6.45, 7) is 7.53. The number of carbonyl (C=O) groups excluding carboxylic acids is 1. The van der Waals surface area contributed by atoms with Crippen molar-refractivity contribution in [1.29, 1.82) is 0 Å². The highest BCUT2D eigenvalue weighted by molar-refractivity contribution is 6.00. The number of halogens is 1. The maximum absolute atomic E-state index is 13.3. The largest absolute Gasteiger partial charge is 0.326 e. The molecular formula is C22H15FN2O. The van der Waals surface area contributed by atoms with Crippen LogP contribution in [0.5, 0.6) is 0 Å². The van der Waals surface area contributed by atoms with Gasteiger partial charge in [-0.15, -0.1) is 0 Å². The Kier molecular flexibility index (Phi) is 3.98. The molecule has 1 aliphatic rings. The van der Waals surface area contributed by atoms with Gasteiger partial charge in [-0.2, -0.15) is 0 Å². The van der Waals surface area contributed by atoms with Crippen LogP contribution in [0.25, 0.3) is 27.1 Å². The maximum Gasteiger partial charge on any atom is 0.240 e. The van der Waals surface area contributed by atoms with Gasteiger partial charge in [-0.05, 0) is 46.5 Å². The number of carbonyl (C=O) groups is 1. The van der Waals surface area contributed by atoms with E-state index in [1.807, 2.05) is 36.4 Å². The number of anilines is 1. The van der Waals surface area contributed by atoms with E-state index >= 15 is 0 Å². The van der Waals surface area contributed by atoms with Gasteiger partial charge < -0.3 is 10.2 Å². The molecule has 0 unspecified atom stereocenters. The standard InChI is InChI=1S/C22H15FN2O/c1-24-13-16-3-2-4-19(14-5-8-18(23)9-6-14)22(16)15-7-10-20-17(11-15)12-21(26)25-20/h2-11H,12-13H2,(H,25,26). The number of fused-ring (bicyclic) bond motifs is 1. The van der Waals surface area contributed by atoms with Crippen LogP contribution in [0.15, 0.2) is 60.7 Å². The molecule has 0 bridgehead atoms. The van der Waals surface area contributed by atoms with Crippen LogP contribution in [0.2, 0.25) is 0 Å². The van der Waals surface area contributed by atoms with Crippen LogP contribution in [0.4, 0.5) is 10.1 Å². The molecule has 1 N–H and O–H groups in total. The predicted octanol–water partition coefficient (Wildman–Crippen LogP) is 5.07. The summed E-state index contributed by atoms with van der Waals surface area (Å²) in [6.07, 6.45) is 0.361. The number of hydrogen-bond acceptors (Lipinski definition) is 1. The van der Waals surface area contributed by atoms with Crippen molar-refractivity contribution in [2.45, 2.75) is 13.0 Å². The minimum Gasteiger partial charge on any atom is -0.326 e. The van der Waals surface area contributed by atoms with Gasteiger partial charge >= 0.3 is 0 Å². The van der Waals surface area contributed by atoms with Crippen molar-refractivity contribution in [2.24, 2.45) is 0 Å². The zero-order valence-electron chi connectivity index (χ0n) is 13.9. The van der Waals surface area contributed by atoms with Gasteiger partial charge in [0.2, 0.25) is 12.5 Å². The monoisotopic (exact) mass is 342 g/mol. The third-order valence-electron chi connectivity index (χ3n) is 4.57. The molecule has 1 aliphatic heterocycles. The summed E-state index contributed by atoms with van der Waals surface area (Å²) in [4.78, 5) is 15.2. The molecule has 0 radical (unpaired) electrons. The zero-order chi connectivity index (χ0) is 18.1. The molecule has 4 rings (SSSR count). The molecular weight excluding hydrogens is 327 g/mol. The smallest absolute Gasteiger partial charge is 0.240 e. The van der Waals surface area contributed by atoms with Crippen molar-refractivity contribution in [3.05, 3.63) is 89.0 Å². The van der Waals surface area contributed by atoms with E-state index in [2.05, 4.69) is 10.2 Å². The summed E-state index contributed by atoms with van der Waals surface area (Å²) in [7, 11) is 0. The number of rotatable bonds is 3. The fourth-order valence-corrected chi connectivity index (χ4v) is 3.41. The number of nitrogens with zero attached hydrogens (tertiary/aromatic N) is 1. The fourth-order valence-electron chi connectivity index (χ4n) is 3.41. The quantitative estimate of drug-likeness (QED) is 0.662. The first-order valence-corrected chi connectivity index (χ1v) is 8.30. The Balaban J connectivity index is 1.92. The van der Waals surface area contributed by atoms with Gasteiger partial charge in [-0.25, -0.2) is 11.0 Å². The number of amides is 1. The Morgan fingerprint density at radius 3 is 2.58 bits per heavy atom. The Hall–Kier alpha value is -3.45. The highest BCUT2D eigenvalue weighted by atomic mass is 19.1. The van der Waals surface area contributed by atoms with E-state index in [1.165, 1.54) is 12.1 Å². The van der Waals surface area contributed by atoms with Gasteiger partial charge in [0.15, 0.2) is 0 Å². The predicted molar refractivity (Wildman–Crippen MR) is 99.9 cm³/mol. The maximum atomic E-state index is 13.3. The molecule has 0 aromatic heterocycles. The second kappa shape index (κ2) is 6.45. The molecule has 26 heavy (non-hydrogen) atoms. The number of hydrogen-bond donors (Lipinski definition) is 1. The Morgan fingerprint density at radius 1 is 1.04 bits per heavy atom. The van der Waals surface area contributed by atoms with Gasteiger partial charge in [-0.1, -0.05) is 36.4 Å². The Labute approximate surface area is 150 Å². The minimum atomic E-state index is -0.283. The van der Waals surface area contributed by atoms with Crippen LogP contribution in [0.1, 0.15) is 11.1 Å². The highest BCUT2D eigenvalue weighted by Crippen LogP contribution is 2.38. The topological polar surface area (TPSA) is 33.5 Å². The van der Waals surface area contributed by atoms with Crippen LogP contribution in [0.3, 0.4) is 0 Å². The first-order chi connectivity index (χ1) is 12.7. The average molecular weight is 342 g/mol. The lowest BCUT2D eigenvalue weighted by molar-refractivity contribution is -0.115. The first kappa shape index (κ1) is 16.0.